The monoisotopic (exact) mass is 432 g/mol. The molecule has 0 aromatic heterocycles. The molecule has 8 heteroatoms. The van der Waals surface area contributed by atoms with E-state index in [1.807, 2.05) is 30.3 Å². The average Bonchev–Trinajstić information content (AvgIpc) is 2.78. The first kappa shape index (κ1) is 20.9. The zero-order valence-electron chi connectivity index (χ0n) is 17.1. The molecular formula is C24H20N2O6. The van der Waals surface area contributed by atoms with E-state index >= 15 is 0 Å². The summed E-state index contributed by atoms with van der Waals surface area (Å²) in [6.07, 6.45) is -0.791. The molecule has 4 rings (SSSR count). The van der Waals surface area contributed by atoms with Crippen molar-refractivity contribution < 1.29 is 29.0 Å². The van der Waals surface area contributed by atoms with Gasteiger partial charge in [0.1, 0.15) is 23.8 Å². The highest BCUT2D eigenvalue weighted by molar-refractivity contribution is 6.06. The third-order valence-corrected chi connectivity index (χ3v) is 4.83. The maximum absolute atomic E-state index is 12.6. The van der Waals surface area contributed by atoms with E-state index in [2.05, 4.69) is 5.32 Å². The van der Waals surface area contributed by atoms with E-state index in [0.29, 0.717) is 22.9 Å². The summed E-state index contributed by atoms with van der Waals surface area (Å²) in [5.41, 5.74) is 0.771. The molecule has 0 spiro atoms. The largest absolute Gasteiger partial charge is 0.479 e. The van der Waals surface area contributed by atoms with Gasteiger partial charge in [0.05, 0.1) is 11.3 Å². The summed E-state index contributed by atoms with van der Waals surface area (Å²) in [5.74, 6) is -0.346. The maximum Gasteiger partial charge on any atom is 0.335 e. The van der Waals surface area contributed by atoms with Gasteiger partial charge in [-0.1, -0.05) is 18.2 Å². The fourth-order valence-electron chi connectivity index (χ4n) is 3.28. The van der Waals surface area contributed by atoms with E-state index in [9.17, 15) is 19.5 Å². The number of ether oxygens (including phenoxy) is 2. The second-order valence-corrected chi connectivity index (χ2v) is 7.16. The standard InChI is InChI=1S/C24H20N2O6/c1-15-23(28)26(20-13-16(24(29)30)7-12-21(20)31-15)14-22(27)25-17-8-10-19(11-9-17)32-18-5-3-2-4-6-18/h2-13,15H,14H2,1H3,(H,25,27)(H,29,30). The quantitative estimate of drug-likeness (QED) is 0.612. The van der Waals surface area contributed by atoms with Crippen LogP contribution in [-0.2, 0) is 9.59 Å². The van der Waals surface area contributed by atoms with Crippen molar-refractivity contribution in [3.05, 3.63) is 78.4 Å². The lowest BCUT2D eigenvalue weighted by atomic mass is 10.1. The Bertz CT molecular complexity index is 1160. The summed E-state index contributed by atoms with van der Waals surface area (Å²) in [6, 6.07) is 20.3. The van der Waals surface area contributed by atoms with Crippen molar-refractivity contribution in [2.45, 2.75) is 13.0 Å². The third kappa shape index (κ3) is 4.54. The first-order chi connectivity index (χ1) is 15.4. The normalized spacial score (nSPS) is 14.8. The number of carbonyl (C=O) groups is 3. The van der Waals surface area contributed by atoms with Crippen molar-refractivity contribution in [3.8, 4) is 17.2 Å². The molecule has 0 saturated carbocycles. The van der Waals surface area contributed by atoms with E-state index in [4.69, 9.17) is 9.47 Å². The molecule has 8 nitrogen and oxygen atoms in total. The van der Waals surface area contributed by atoms with Gasteiger partial charge >= 0.3 is 5.97 Å². The molecule has 0 radical (unpaired) electrons. The zero-order valence-corrected chi connectivity index (χ0v) is 17.1. The Morgan fingerprint density at radius 1 is 1.03 bits per heavy atom. The summed E-state index contributed by atoms with van der Waals surface area (Å²) in [5, 5.41) is 12.0. The Kier molecular flexibility index (Phi) is 5.76. The first-order valence-electron chi connectivity index (χ1n) is 9.89. The number of hydrogen-bond donors (Lipinski definition) is 2. The molecule has 2 N–H and O–H groups in total. The van der Waals surface area contributed by atoms with Crippen LogP contribution in [0.15, 0.2) is 72.8 Å². The maximum atomic E-state index is 12.6. The Balaban J connectivity index is 1.46. The van der Waals surface area contributed by atoms with Crippen molar-refractivity contribution in [1.82, 2.24) is 0 Å². The minimum absolute atomic E-state index is 0.00545. The Hall–Kier alpha value is -4.33. The molecular weight excluding hydrogens is 412 g/mol. The molecule has 3 aromatic rings. The number of rotatable bonds is 6. The van der Waals surface area contributed by atoms with E-state index in [0.717, 1.165) is 0 Å². The predicted octanol–water partition coefficient (Wildman–Crippen LogP) is 3.93. The molecule has 2 amide bonds. The highest BCUT2D eigenvalue weighted by Gasteiger charge is 2.33. The van der Waals surface area contributed by atoms with Crippen molar-refractivity contribution in [2.75, 3.05) is 16.8 Å². The van der Waals surface area contributed by atoms with Crippen LogP contribution in [0.25, 0.3) is 0 Å². The number of fused-ring (bicyclic) bond motifs is 1. The van der Waals surface area contributed by atoms with Gasteiger partial charge in [-0.05, 0) is 61.5 Å². The molecule has 1 aliphatic rings. The van der Waals surface area contributed by atoms with Crippen LogP contribution in [0, 0.1) is 0 Å². The minimum atomic E-state index is -1.14. The number of para-hydroxylation sites is 1. The fourth-order valence-corrected chi connectivity index (χ4v) is 3.28. The second-order valence-electron chi connectivity index (χ2n) is 7.16. The molecule has 0 fully saturated rings. The number of carbonyl (C=O) groups excluding carboxylic acids is 2. The van der Waals surface area contributed by atoms with Gasteiger partial charge in [0, 0.05) is 5.69 Å². The first-order valence-corrected chi connectivity index (χ1v) is 9.89. The fraction of sp³-hybridized carbons (Fsp3) is 0.125. The van der Waals surface area contributed by atoms with Crippen LogP contribution < -0.4 is 19.7 Å². The number of aromatic carboxylic acids is 1. The van der Waals surface area contributed by atoms with Crippen molar-refractivity contribution >= 4 is 29.2 Å². The molecule has 0 aliphatic carbocycles. The van der Waals surface area contributed by atoms with Gasteiger partial charge in [-0.2, -0.15) is 0 Å². The van der Waals surface area contributed by atoms with Crippen LogP contribution in [-0.4, -0.2) is 35.5 Å². The number of nitrogens with one attached hydrogen (secondary N) is 1. The smallest absolute Gasteiger partial charge is 0.335 e. The predicted molar refractivity (Wildman–Crippen MR) is 117 cm³/mol. The van der Waals surface area contributed by atoms with Crippen LogP contribution >= 0.6 is 0 Å². The number of carboxylic acid groups (broad SMARTS) is 1. The van der Waals surface area contributed by atoms with E-state index in [1.54, 1.807) is 31.2 Å². The lowest BCUT2D eigenvalue weighted by molar-refractivity contribution is -0.127. The molecule has 162 valence electrons. The second kappa shape index (κ2) is 8.81. The van der Waals surface area contributed by atoms with Gasteiger partial charge < -0.3 is 19.9 Å². The number of hydrogen-bond acceptors (Lipinski definition) is 5. The van der Waals surface area contributed by atoms with Crippen LogP contribution in [0.3, 0.4) is 0 Å². The molecule has 1 atom stereocenters. The number of benzene rings is 3. The highest BCUT2D eigenvalue weighted by atomic mass is 16.5. The number of nitrogens with zero attached hydrogens (tertiary/aromatic N) is 1. The van der Waals surface area contributed by atoms with Gasteiger partial charge in [-0.15, -0.1) is 0 Å². The summed E-state index contributed by atoms with van der Waals surface area (Å²) in [4.78, 5) is 37.8. The van der Waals surface area contributed by atoms with E-state index < -0.39 is 23.9 Å². The van der Waals surface area contributed by atoms with Crippen molar-refractivity contribution in [1.29, 1.82) is 0 Å². The molecule has 0 saturated heterocycles. The lowest BCUT2D eigenvalue weighted by Gasteiger charge is -2.32. The molecule has 1 unspecified atom stereocenters. The Labute approximate surface area is 184 Å². The van der Waals surface area contributed by atoms with Gasteiger partial charge in [0.2, 0.25) is 5.91 Å². The third-order valence-electron chi connectivity index (χ3n) is 4.83. The average molecular weight is 432 g/mol. The van der Waals surface area contributed by atoms with Crippen LogP contribution in [0.1, 0.15) is 17.3 Å². The van der Waals surface area contributed by atoms with Crippen LogP contribution in [0.4, 0.5) is 11.4 Å². The summed E-state index contributed by atoms with van der Waals surface area (Å²) < 4.78 is 11.3. The number of amides is 2. The van der Waals surface area contributed by atoms with Gasteiger partial charge in [-0.25, -0.2) is 4.79 Å². The van der Waals surface area contributed by atoms with Gasteiger partial charge in [0.25, 0.3) is 5.91 Å². The molecule has 0 bridgehead atoms. The zero-order chi connectivity index (χ0) is 22.7. The SMILES string of the molecule is CC1Oc2ccc(C(=O)O)cc2N(CC(=O)Nc2ccc(Oc3ccccc3)cc2)C1=O. The Morgan fingerprint density at radius 2 is 1.72 bits per heavy atom. The summed E-state index contributed by atoms with van der Waals surface area (Å²) >= 11 is 0. The highest BCUT2D eigenvalue weighted by Crippen LogP contribution is 2.35. The van der Waals surface area contributed by atoms with Gasteiger partial charge in [-0.3, -0.25) is 14.5 Å². The minimum Gasteiger partial charge on any atom is -0.479 e. The Morgan fingerprint density at radius 3 is 2.41 bits per heavy atom. The van der Waals surface area contributed by atoms with E-state index in [1.165, 1.54) is 23.1 Å². The van der Waals surface area contributed by atoms with Crippen molar-refractivity contribution in [3.63, 3.8) is 0 Å². The van der Waals surface area contributed by atoms with E-state index in [-0.39, 0.29) is 17.8 Å². The van der Waals surface area contributed by atoms with Crippen molar-refractivity contribution in [2.24, 2.45) is 0 Å². The number of anilines is 2. The molecule has 3 aromatic carbocycles. The van der Waals surface area contributed by atoms with Crippen LogP contribution in [0.5, 0.6) is 17.2 Å². The summed E-state index contributed by atoms with van der Waals surface area (Å²) in [7, 11) is 0. The number of carboxylic acids is 1. The topological polar surface area (TPSA) is 105 Å². The molecule has 1 aliphatic heterocycles. The molecule has 32 heavy (non-hydrogen) atoms. The summed E-state index contributed by atoms with van der Waals surface area (Å²) in [6.45, 7) is 1.29. The molecule has 1 heterocycles. The van der Waals surface area contributed by atoms with Crippen LogP contribution in [0.2, 0.25) is 0 Å². The lowest BCUT2D eigenvalue weighted by Crippen LogP contribution is -2.47. The van der Waals surface area contributed by atoms with Gasteiger partial charge in [0.15, 0.2) is 6.10 Å².